The molecule has 0 amide bonds. The van der Waals surface area contributed by atoms with E-state index in [9.17, 15) is 5.11 Å². The van der Waals surface area contributed by atoms with E-state index in [1.807, 2.05) is 22.9 Å². The molecule has 0 aliphatic heterocycles. The topological polar surface area (TPSA) is 54.2 Å². The predicted octanol–water partition coefficient (Wildman–Crippen LogP) is 2.49. The SMILES string of the molecule is CC(C)Cn1ncnc1CN(C)C(CCO)c1ccccc1. The Kier molecular flexibility index (Phi) is 6.10. The second-order valence-electron chi connectivity index (χ2n) is 6.11. The Morgan fingerprint density at radius 1 is 1.23 bits per heavy atom. The number of hydrogen-bond donors (Lipinski definition) is 1. The fourth-order valence-electron chi connectivity index (χ4n) is 2.68. The van der Waals surface area contributed by atoms with E-state index in [-0.39, 0.29) is 12.6 Å². The van der Waals surface area contributed by atoms with Gasteiger partial charge < -0.3 is 5.11 Å². The summed E-state index contributed by atoms with van der Waals surface area (Å²) in [4.78, 5) is 6.62. The van der Waals surface area contributed by atoms with Crippen molar-refractivity contribution in [3.8, 4) is 0 Å². The standard InChI is InChI=1S/C17H26N4O/c1-14(2)11-21-17(18-13-19-21)12-20(3)16(9-10-22)15-7-5-4-6-8-15/h4-8,13-14,16,22H,9-12H2,1-3H3. The van der Waals surface area contributed by atoms with Crippen molar-refractivity contribution in [1.29, 1.82) is 0 Å². The molecule has 0 aliphatic carbocycles. The molecular formula is C17H26N4O. The van der Waals surface area contributed by atoms with Crippen LogP contribution in [0.4, 0.5) is 0 Å². The van der Waals surface area contributed by atoms with E-state index < -0.39 is 0 Å². The third kappa shape index (κ3) is 4.39. The molecule has 5 nitrogen and oxygen atoms in total. The maximum Gasteiger partial charge on any atom is 0.141 e. The zero-order chi connectivity index (χ0) is 15.9. The van der Waals surface area contributed by atoms with Gasteiger partial charge in [-0.1, -0.05) is 44.2 Å². The Morgan fingerprint density at radius 2 is 1.95 bits per heavy atom. The highest BCUT2D eigenvalue weighted by Crippen LogP contribution is 2.24. The lowest BCUT2D eigenvalue weighted by molar-refractivity contribution is 0.174. The van der Waals surface area contributed by atoms with E-state index in [2.05, 4.69) is 48.0 Å². The van der Waals surface area contributed by atoms with Gasteiger partial charge in [0.25, 0.3) is 0 Å². The van der Waals surface area contributed by atoms with Gasteiger partial charge in [-0.05, 0) is 24.9 Å². The minimum absolute atomic E-state index is 0.169. The average Bonchev–Trinajstić information content (AvgIpc) is 2.91. The fraction of sp³-hybridized carbons (Fsp3) is 0.529. The molecule has 0 saturated carbocycles. The van der Waals surface area contributed by atoms with Crippen molar-refractivity contribution in [1.82, 2.24) is 19.7 Å². The number of hydrogen-bond acceptors (Lipinski definition) is 4. The van der Waals surface area contributed by atoms with Crippen LogP contribution < -0.4 is 0 Å². The van der Waals surface area contributed by atoms with Crippen LogP contribution in [0.1, 0.15) is 37.7 Å². The molecule has 5 heteroatoms. The molecule has 1 N–H and O–H groups in total. The van der Waals surface area contributed by atoms with Crippen LogP contribution in [0.2, 0.25) is 0 Å². The van der Waals surface area contributed by atoms with E-state index in [4.69, 9.17) is 0 Å². The third-order valence-corrected chi connectivity index (χ3v) is 3.74. The molecule has 2 aromatic rings. The molecule has 1 unspecified atom stereocenters. The van der Waals surface area contributed by atoms with Crippen LogP contribution in [-0.4, -0.2) is 38.4 Å². The van der Waals surface area contributed by atoms with Crippen LogP contribution in [0, 0.1) is 5.92 Å². The number of aliphatic hydroxyl groups excluding tert-OH is 1. The predicted molar refractivity (Wildman–Crippen MR) is 87.2 cm³/mol. The average molecular weight is 302 g/mol. The van der Waals surface area contributed by atoms with Gasteiger partial charge in [0, 0.05) is 19.2 Å². The van der Waals surface area contributed by atoms with E-state index in [0.717, 1.165) is 12.4 Å². The molecule has 1 aromatic heterocycles. The monoisotopic (exact) mass is 302 g/mol. The number of benzene rings is 1. The first kappa shape index (κ1) is 16.6. The summed E-state index contributed by atoms with van der Waals surface area (Å²) in [5.41, 5.74) is 1.22. The van der Waals surface area contributed by atoms with Gasteiger partial charge in [-0.2, -0.15) is 5.10 Å². The van der Waals surface area contributed by atoms with Gasteiger partial charge in [-0.15, -0.1) is 0 Å². The van der Waals surface area contributed by atoms with Crippen molar-refractivity contribution in [3.05, 3.63) is 48.0 Å². The van der Waals surface area contributed by atoms with Crippen LogP contribution in [0.15, 0.2) is 36.7 Å². The molecule has 0 bridgehead atoms. The lowest BCUT2D eigenvalue weighted by Crippen LogP contribution is -2.27. The fourth-order valence-corrected chi connectivity index (χ4v) is 2.68. The summed E-state index contributed by atoms with van der Waals surface area (Å²) in [6.45, 7) is 6.11. The zero-order valence-corrected chi connectivity index (χ0v) is 13.7. The smallest absolute Gasteiger partial charge is 0.141 e. The van der Waals surface area contributed by atoms with Crippen molar-refractivity contribution in [2.24, 2.45) is 5.92 Å². The Bertz CT molecular complexity index is 553. The summed E-state index contributed by atoms with van der Waals surface area (Å²) in [5, 5.41) is 13.7. The molecule has 0 spiro atoms. The third-order valence-electron chi connectivity index (χ3n) is 3.74. The first-order valence-corrected chi connectivity index (χ1v) is 7.84. The second-order valence-corrected chi connectivity index (χ2v) is 6.11. The Hall–Kier alpha value is -1.72. The van der Waals surface area contributed by atoms with Crippen LogP contribution in [0.5, 0.6) is 0 Å². The van der Waals surface area contributed by atoms with Crippen molar-refractivity contribution >= 4 is 0 Å². The molecule has 0 radical (unpaired) electrons. The lowest BCUT2D eigenvalue weighted by Gasteiger charge is -2.28. The Morgan fingerprint density at radius 3 is 2.59 bits per heavy atom. The number of aliphatic hydroxyl groups is 1. The first-order chi connectivity index (χ1) is 10.6. The second kappa shape index (κ2) is 8.06. The molecule has 0 fully saturated rings. The molecule has 1 aromatic carbocycles. The molecule has 0 saturated heterocycles. The summed E-state index contributed by atoms with van der Waals surface area (Å²) in [6, 6.07) is 10.5. The van der Waals surface area contributed by atoms with E-state index in [1.165, 1.54) is 5.56 Å². The lowest BCUT2D eigenvalue weighted by atomic mass is 10.0. The Labute approximate surface area is 132 Å². The van der Waals surface area contributed by atoms with Gasteiger partial charge >= 0.3 is 0 Å². The number of aromatic nitrogens is 3. The molecule has 22 heavy (non-hydrogen) atoms. The minimum atomic E-state index is 0.169. The summed E-state index contributed by atoms with van der Waals surface area (Å²) >= 11 is 0. The quantitative estimate of drug-likeness (QED) is 0.814. The van der Waals surface area contributed by atoms with Gasteiger partial charge in [0.1, 0.15) is 12.2 Å². The van der Waals surface area contributed by atoms with Crippen molar-refractivity contribution < 1.29 is 5.11 Å². The van der Waals surface area contributed by atoms with Gasteiger partial charge in [-0.3, -0.25) is 4.90 Å². The van der Waals surface area contributed by atoms with E-state index >= 15 is 0 Å². The normalized spacial score (nSPS) is 13.0. The maximum atomic E-state index is 9.39. The largest absolute Gasteiger partial charge is 0.396 e. The molecule has 1 atom stereocenters. The summed E-state index contributed by atoms with van der Waals surface area (Å²) in [6.07, 6.45) is 2.33. The Balaban J connectivity index is 2.12. The van der Waals surface area contributed by atoms with Gasteiger partial charge in [0.15, 0.2) is 0 Å². The van der Waals surface area contributed by atoms with E-state index in [0.29, 0.717) is 18.9 Å². The summed E-state index contributed by atoms with van der Waals surface area (Å²) in [5.74, 6) is 1.50. The summed E-state index contributed by atoms with van der Waals surface area (Å²) < 4.78 is 1.97. The molecule has 2 rings (SSSR count). The van der Waals surface area contributed by atoms with Crippen molar-refractivity contribution in [2.45, 2.75) is 39.4 Å². The molecule has 120 valence electrons. The van der Waals surface area contributed by atoms with Crippen molar-refractivity contribution in [3.63, 3.8) is 0 Å². The highest BCUT2D eigenvalue weighted by molar-refractivity contribution is 5.19. The van der Waals surface area contributed by atoms with E-state index in [1.54, 1.807) is 6.33 Å². The van der Waals surface area contributed by atoms with Crippen LogP contribution in [0.25, 0.3) is 0 Å². The minimum Gasteiger partial charge on any atom is -0.396 e. The van der Waals surface area contributed by atoms with Gasteiger partial charge in [-0.25, -0.2) is 9.67 Å². The highest BCUT2D eigenvalue weighted by atomic mass is 16.3. The maximum absolute atomic E-state index is 9.39. The molecular weight excluding hydrogens is 276 g/mol. The molecule has 1 heterocycles. The van der Waals surface area contributed by atoms with Crippen LogP contribution in [-0.2, 0) is 13.1 Å². The number of rotatable bonds is 8. The van der Waals surface area contributed by atoms with Crippen LogP contribution in [0.3, 0.4) is 0 Å². The van der Waals surface area contributed by atoms with Gasteiger partial charge in [0.05, 0.1) is 6.54 Å². The van der Waals surface area contributed by atoms with Gasteiger partial charge in [0.2, 0.25) is 0 Å². The zero-order valence-electron chi connectivity index (χ0n) is 13.7. The van der Waals surface area contributed by atoms with Crippen LogP contribution >= 0.6 is 0 Å². The molecule has 0 aliphatic rings. The van der Waals surface area contributed by atoms with Crippen molar-refractivity contribution in [2.75, 3.05) is 13.7 Å². The summed E-state index contributed by atoms with van der Waals surface area (Å²) in [7, 11) is 2.07. The first-order valence-electron chi connectivity index (χ1n) is 7.84. The highest BCUT2D eigenvalue weighted by Gasteiger charge is 2.18. The number of nitrogens with zero attached hydrogens (tertiary/aromatic N) is 4.